The molecule has 0 amide bonds. The molecule has 9 heteroatoms. The Morgan fingerprint density at radius 1 is 0.571 bits per heavy atom. The van der Waals surface area contributed by atoms with Gasteiger partial charge in [0, 0.05) is 6.42 Å². The van der Waals surface area contributed by atoms with Gasteiger partial charge in [0.2, 0.25) is 6.10 Å². The first-order valence-corrected chi connectivity index (χ1v) is 18.9. The average molecular weight is 629 g/mol. The first-order valence-electron chi connectivity index (χ1n) is 17.3. The smallest absolute Gasteiger partial charge is 0.426 e. The summed E-state index contributed by atoms with van der Waals surface area (Å²) in [7, 11) is -4.91. The monoisotopic (exact) mass is 628 g/mol. The summed E-state index contributed by atoms with van der Waals surface area (Å²) in [6, 6.07) is 0. The number of hydrogen-bond donors (Lipinski definition) is 1. The van der Waals surface area contributed by atoms with Crippen molar-refractivity contribution in [1.82, 2.24) is 0 Å². The van der Waals surface area contributed by atoms with Gasteiger partial charge in [-0.15, -0.1) is 0 Å². The van der Waals surface area contributed by atoms with Crippen molar-refractivity contribution >= 4 is 16.1 Å². The SMILES string of the molecule is CCCCCCCCCCCCCCCCCCCCCCCCCCCCCC(=O)OC(CS(=O)(=O)O)C(F)(F)F. The maximum Gasteiger partial charge on any atom is 0.426 e. The normalized spacial score (nSPS) is 13.0. The summed E-state index contributed by atoms with van der Waals surface area (Å²) < 4.78 is 72.7. The molecular weight excluding hydrogens is 565 g/mol. The van der Waals surface area contributed by atoms with Crippen LogP contribution in [0.2, 0.25) is 0 Å². The fraction of sp³-hybridized carbons (Fsp3) is 0.970. The van der Waals surface area contributed by atoms with Gasteiger partial charge in [-0.25, -0.2) is 0 Å². The minimum absolute atomic E-state index is 0.197. The van der Waals surface area contributed by atoms with Crippen molar-refractivity contribution in [3.63, 3.8) is 0 Å². The molecule has 1 N–H and O–H groups in total. The molecule has 0 aliphatic rings. The number of carbonyl (C=O) groups excluding carboxylic acids is 1. The van der Waals surface area contributed by atoms with E-state index < -0.39 is 34.1 Å². The summed E-state index contributed by atoms with van der Waals surface area (Å²) >= 11 is 0. The van der Waals surface area contributed by atoms with Crippen molar-refractivity contribution in [3.05, 3.63) is 0 Å². The summed E-state index contributed by atoms with van der Waals surface area (Å²) in [5.74, 6) is -2.78. The molecular formula is C33H63F3O5S. The van der Waals surface area contributed by atoms with Gasteiger partial charge in [-0.05, 0) is 6.42 Å². The van der Waals surface area contributed by atoms with Crippen LogP contribution in [0.5, 0.6) is 0 Å². The standard InChI is InChI=1S/C33H63F3O5S/c1-2-3-4-5-6-7-8-9-10-11-12-13-14-15-16-17-18-19-20-21-22-23-24-25-26-27-28-29-32(37)41-31(33(34,35)36)30-42(38,39)40/h31H,2-30H2,1H3,(H,38,39,40). The quantitative estimate of drug-likeness (QED) is 0.0469. The van der Waals surface area contributed by atoms with Gasteiger partial charge >= 0.3 is 12.1 Å². The Kier molecular flexibility index (Phi) is 27.2. The van der Waals surface area contributed by atoms with Crippen LogP contribution in [0.3, 0.4) is 0 Å². The van der Waals surface area contributed by atoms with E-state index in [-0.39, 0.29) is 6.42 Å². The van der Waals surface area contributed by atoms with Crippen LogP contribution in [-0.2, 0) is 19.6 Å². The Bertz CT molecular complexity index is 713. The number of esters is 1. The van der Waals surface area contributed by atoms with E-state index in [1.54, 1.807) is 0 Å². The highest BCUT2D eigenvalue weighted by molar-refractivity contribution is 7.85. The van der Waals surface area contributed by atoms with Crippen molar-refractivity contribution in [2.75, 3.05) is 5.75 Å². The minimum Gasteiger partial charge on any atom is -0.451 e. The van der Waals surface area contributed by atoms with E-state index in [2.05, 4.69) is 11.7 Å². The van der Waals surface area contributed by atoms with E-state index in [4.69, 9.17) is 4.55 Å². The summed E-state index contributed by atoms with van der Waals surface area (Å²) in [4.78, 5) is 11.6. The number of alkyl halides is 3. The highest BCUT2D eigenvalue weighted by Crippen LogP contribution is 2.25. The van der Waals surface area contributed by atoms with Gasteiger partial charge in [0.25, 0.3) is 10.1 Å². The van der Waals surface area contributed by atoms with E-state index in [0.29, 0.717) is 12.8 Å². The third kappa shape index (κ3) is 30.6. The molecule has 0 rings (SSSR count). The Morgan fingerprint density at radius 2 is 0.833 bits per heavy atom. The van der Waals surface area contributed by atoms with Crippen LogP contribution in [0, 0.1) is 0 Å². The molecule has 0 fully saturated rings. The zero-order valence-corrected chi connectivity index (χ0v) is 27.5. The molecule has 5 nitrogen and oxygen atoms in total. The third-order valence-corrected chi connectivity index (χ3v) is 8.71. The molecule has 0 heterocycles. The highest BCUT2D eigenvalue weighted by atomic mass is 32.2. The Hall–Kier alpha value is -0.830. The molecule has 1 unspecified atom stereocenters. The molecule has 1 atom stereocenters. The van der Waals surface area contributed by atoms with Crippen molar-refractivity contribution in [3.8, 4) is 0 Å². The van der Waals surface area contributed by atoms with Crippen LogP contribution in [0.4, 0.5) is 13.2 Å². The zero-order valence-electron chi connectivity index (χ0n) is 26.7. The third-order valence-electron chi connectivity index (χ3n) is 7.99. The second kappa shape index (κ2) is 27.7. The summed E-state index contributed by atoms with van der Waals surface area (Å²) in [5.41, 5.74) is 0. The van der Waals surface area contributed by atoms with Crippen LogP contribution < -0.4 is 0 Å². The fourth-order valence-corrected chi connectivity index (χ4v) is 6.01. The zero-order chi connectivity index (χ0) is 31.4. The van der Waals surface area contributed by atoms with Crippen LogP contribution in [0.25, 0.3) is 0 Å². The Labute approximate surface area is 256 Å². The molecule has 0 spiro atoms. The van der Waals surface area contributed by atoms with Gasteiger partial charge < -0.3 is 4.74 Å². The molecule has 0 aromatic carbocycles. The predicted octanol–water partition coefficient (Wildman–Crippen LogP) is 11.3. The average Bonchev–Trinajstić information content (AvgIpc) is 2.91. The largest absolute Gasteiger partial charge is 0.451 e. The topological polar surface area (TPSA) is 80.7 Å². The summed E-state index contributed by atoms with van der Waals surface area (Å²) in [6.45, 7) is 2.27. The summed E-state index contributed by atoms with van der Waals surface area (Å²) in [6.07, 6.45) is 26.3. The van der Waals surface area contributed by atoms with E-state index >= 15 is 0 Å². The number of hydrogen-bond acceptors (Lipinski definition) is 4. The van der Waals surface area contributed by atoms with Gasteiger partial charge in [-0.1, -0.05) is 174 Å². The lowest BCUT2D eigenvalue weighted by molar-refractivity contribution is -0.215. The van der Waals surface area contributed by atoms with Gasteiger partial charge in [0.05, 0.1) is 0 Å². The predicted molar refractivity (Wildman–Crippen MR) is 167 cm³/mol. The molecule has 252 valence electrons. The molecule has 42 heavy (non-hydrogen) atoms. The lowest BCUT2D eigenvalue weighted by Crippen LogP contribution is -2.39. The Morgan fingerprint density at radius 3 is 1.07 bits per heavy atom. The maximum absolute atomic E-state index is 12.8. The number of ether oxygens (including phenoxy) is 1. The first-order chi connectivity index (χ1) is 20.1. The number of unbranched alkanes of at least 4 members (excludes halogenated alkanes) is 26. The van der Waals surface area contributed by atoms with Crippen molar-refractivity contribution in [1.29, 1.82) is 0 Å². The van der Waals surface area contributed by atoms with E-state index in [1.807, 2.05) is 0 Å². The number of carbonyl (C=O) groups is 1. The molecule has 0 aliphatic heterocycles. The van der Waals surface area contributed by atoms with Crippen LogP contribution in [0.15, 0.2) is 0 Å². The Balaban J connectivity index is 3.35. The first kappa shape index (κ1) is 41.2. The van der Waals surface area contributed by atoms with E-state index in [9.17, 15) is 26.4 Å². The van der Waals surface area contributed by atoms with Crippen LogP contribution >= 0.6 is 0 Å². The second-order valence-corrected chi connectivity index (χ2v) is 13.7. The highest BCUT2D eigenvalue weighted by Gasteiger charge is 2.45. The van der Waals surface area contributed by atoms with Gasteiger partial charge in [0.1, 0.15) is 5.75 Å². The van der Waals surface area contributed by atoms with Crippen molar-refractivity contribution in [2.45, 2.75) is 199 Å². The molecule has 0 saturated carbocycles. The number of halogens is 3. The van der Waals surface area contributed by atoms with Crippen molar-refractivity contribution in [2.24, 2.45) is 0 Å². The van der Waals surface area contributed by atoms with Gasteiger partial charge in [0.15, 0.2) is 0 Å². The maximum atomic E-state index is 12.8. The van der Waals surface area contributed by atoms with Crippen LogP contribution in [0.1, 0.15) is 187 Å². The lowest BCUT2D eigenvalue weighted by Gasteiger charge is -2.19. The van der Waals surface area contributed by atoms with Crippen molar-refractivity contribution < 1.29 is 35.7 Å². The van der Waals surface area contributed by atoms with E-state index in [1.165, 1.54) is 141 Å². The van der Waals surface area contributed by atoms with Crippen LogP contribution in [-0.4, -0.2) is 37.0 Å². The molecule has 0 aliphatic carbocycles. The lowest BCUT2D eigenvalue weighted by atomic mass is 10.0. The van der Waals surface area contributed by atoms with E-state index in [0.717, 1.165) is 19.3 Å². The van der Waals surface area contributed by atoms with Gasteiger partial charge in [-0.2, -0.15) is 21.6 Å². The minimum atomic E-state index is -5.04. The molecule has 0 radical (unpaired) electrons. The van der Waals surface area contributed by atoms with Gasteiger partial charge in [-0.3, -0.25) is 9.35 Å². The number of rotatable bonds is 31. The summed E-state index contributed by atoms with van der Waals surface area (Å²) in [5, 5.41) is 0. The molecule has 0 bridgehead atoms. The fourth-order valence-electron chi connectivity index (χ4n) is 5.37. The molecule has 0 aromatic heterocycles. The second-order valence-electron chi connectivity index (χ2n) is 12.2. The molecule has 0 aromatic rings. The molecule has 0 saturated heterocycles.